The molecule has 10 heteroatoms. The Hall–Kier alpha value is -3.40. The van der Waals surface area contributed by atoms with Crippen molar-refractivity contribution in [3.05, 3.63) is 45.7 Å². The number of amides is 2. The maximum atomic E-state index is 12.3. The fraction of sp³-hybridized carbons (Fsp3) is 0.250. The second-order valence-corrected chi connectivity index (χ2v) is 5.87. The van der Waals surface area contributed by atoms with Crippen LogP contribution in [0.5, 0.6) is 0 Å². The summed E-state index contributed by atoms with van der Waals surface area (Å²) in [5.74, 6) is -0.202. The van der Waals surface area contributed by atoms with E-state index >= 15 is 0 Å². The van der Waals surface area contributed by atoms with Gasteiger partial charge < -0.3 is 20.7 Å². The fourth-order valence-electron chi connectivity index (χ4n) is 3.00. The maximum absolute atomic E-state index is 12.3. The van der Waals surface area contributed by atoms with Crippen molar-refractivity contribution in [2.45, 2.75) is 0 Å². The molecule has 26 heavy (non-hydrogen) atoms. The standard InChI is InChI=1S/C16H16N6O4/c17-16-19-12-11(13(23)20-16)18-7-21(12)8-26-6-5-22-14(24)9-3-1-2-4-10(9)15(22)25/h1-4,18H,5-8H2,(H3,17,19,20,23). The molecule has 2 aliphatic heterocycles. The number of aromatic amines is 1. The number of hydrogen-bond donors (Lipinski definition) is 3. The lowest BCUT2D eigenvalue weighted by atomic mass is 10.1. The van der Waals surface area contributed by atoms with Crippen LogP contribution < -0.4 is 21.5 Å². The van der Waals surface area contributed by atoms with Gasteiger partial charge in [-0.15, -0.1) is 0 Å². The smallest absolute Gasteiger partial charge is 0.277 e. The molecule has 2 amide bonds. The first-order valence-electron chi connectivity index (χ1n) is 7.98. The molecule has 1 aromatic heterocycles. The number of nitrogens with one attached hydrogen (secondary N) is 2. The number of rotatable bonds is 5. The molecule has 3 heterocycles. The van der Waals surface area contributed by atoms with E-state index < -0.39 is 0 Å². The third kappa shape index (κ3) is 2.56. The summed E-state index contributed by atoms with van der Waals surface area (Å²) in [6.45, 7) is 0.794. The van der Waals surface area contributed by atoms with E-state index in [1.807, 2.05) is 0 Å². The first-order valence-corrected chi connectivity index (χ1v) is 7.98. The lowest BCUT2D eigenvalue weighted by Crippen LogP contribution is -2.34. The van der Waals surface area contributed by atoms with Crippen LogP contribution in [-0.4, -0.2) is 53.2 Å². The Balaban J connectivity index is 1.35. The summed E-state index contributed by atoms with van der Waals surface area (Å²) in [4.78, 5) is 45.7. The van der Waals surface area contributed by atoms with E-state index in [2.05, 4.69) is 15.3 Å². The highest BCUT2D eigenvalue weighted by Crippen LogP contribution is 2.25. The molecule has 134 valence electrons. The van der Waals surface area contributed by atoms with Gasteiger partial charge in [0.15, 0.2) is 5.82 Å². The van der Waals surface area contributed by atoms with Crippen molar-refractivity contribution in [1.29, 1.82) is 0 Å². The minimum Gasteiger partial charge on any atom is -0.369 e. The predicted octanol–water partition coefficient (Wildman–Crippen LogP) is -0.188. The van der Waals surface area contributed by atoms with E-state index in [1.165, 1.54) is 4.90 Å². The topological polar surface area (TPSA) is 134 Å². The SMILES string of the molecule is Nc1nc2c(c(=O)[nH]1)NCN2COCCN1C(=O)c2ccccc2C1=O. The zero-order valence-corrected chi connectivity index (χ0v) is 13.7. The Kier molecular flexibility index (Phi) is 3.81. The number of carbonyl (C=O) groups excluding carboxylic acids is 2. The van der Waals surface area contributed by atoms with Crippen LogP contribution in [0.1, 0.15) is 20.7 Å². The highest BCUT2D eigenvalue weighted by atomic mass is 16.5. The Morgan fingerprint density at radius 3 is 2.54 bits per heavy atom. The largest absolute Gasteiger partial charge is 0.369 e. The van der Waals surface area contributed by atoms with Crippen molar-refractivity contribution in [2.24, 2.45) is 0 Å². The molecule has 0 fully saturated rings. The summed E-state index contributed by atoms with van der Waals surface area (Å²) in [7, 11) is 0. The number of hydrogen-bond acceptors (Lipinski definition) is 8. The first-order chi connectivity index (χ1) is 12.6. The van der Waals surface area contributed by atoms with E-state index in [0.717, 1.165) is 0 Å². The monoisotopic (exact) mass is 356 g/mol. The molecule has 0 saturated heterocycles. The van der Waals surface area contributed by atoms with Crippen LogP contribution in [0, 0.1) is 0 Å². The molecule has 0 radical (unpaired) electrons. The van der Waals surface area contributed by atoms with E-state index in [0.29, 0.717) is 29.3 Å². The molecule has 4 N–H and O–H groups in total. The molecule has 1 aromatic carbocycles. The molecule has 0 bridgehead atoms. The van der Waals surface area contributed by atoms with Crippen LogP contribution >= 0.6 is 0 Å². The summed E-state index contributed by atoms with van der Waals surface area (Å²) in [6, 6.07) is 6.72. The Morgan fingerprint density at radius 1 is 1.15 bits per heavy atom. The van der Waals surface area contributed by atoms with Gasteiger partial charge in [0.25, 0.3) is 17.4 Å². The number of imide groups is 1. The van der Waals surface area contributed by atoms with E-state index in [9.17, 15) is 14.4 Å². The molecular weight excluding hydrogens is 340 g/mol. The first kappa shape index (κ1) is 16.1. The van der Waals surface area contributed by atoms with Crippen LogP contribution in [0.4, 0.5) is 17.5 Å². The number of nitrogens with two attached hydrogens (primary N) is 1. The normalized spacial score (nSPS) is 15.2. The van der Waals surface area contributed by atoms with Gasteiger partial charge in [0.2, 0.25) is 5.95 Å². The van der Waals surface area contributed by atoms with Gasteiger partial charge >= 0.3 is 0 Å². The molecule has 0 atom stereocenters. The minimum atomic E-state index is -0.346. The fourth-order valence-corrected chi connectivity index (χ4v) is 3.00. The molecular formula is C16H16N6O4. The summed E-state index contributed by atoms with van der Waals surface area (Å²) >= 11 is 0. The van der Waals surface area contributed by atoms with E-state index in [4.69, 9.17) is 10.5 Å². The van der Waals surface area contributed by atoms with Gasteiger partial charge in [-0.3, -0.25) is 24.3 Å². The second kappa shape index (κ2) is 6.15. The highest BCUT2D eigenvalue weighted by Gasteiger charge is 2.34. The van der Waals surface area contributed by atoms with Gasteiger partial charge in [-0.25, -0.2) is 0 Å². The third-order valence-corrected chi connectivity index (χ3v) is 4.25. The molecule has 0 saturated carbocycles. The Morgan fingerprint density at radius 2 is 1.85 bits per heavy atom. The highest BCUT2D eigenvalue weighted by molar-refractivity contribution is 6.21. The Bertz CT molecular complexity index is 921. The van der Waals surface area contributed by atoms with Crippen molar-refractivity contribution in [3.63, 3.8) is 0 Å². The summed E-state index contributed by atoms with van der Waals surface area (Å²) in [6.07, 6.45) is 0. The van der Waals surface area contributed by atoms with Crippen LogP contribution in [0.25, 0.3) is 0 Å². The predicted molar refractivity (Wildman–Crippen MR) is 92.9 cm³/mol. The van der Waals surface area contributed by atoms with Crippen molar-refractivity contribution >= 4 is 29.3 Å². The number of H-pyrrole nitrogens is 1. The van der Waals surface area contributed by atoms with E-state index in [1.54, 1.807) is 29.2 Å². The van der Waals surface area contributed by atoms with Crippen LogP contribution in [0.3, 0.4) is 0 Å². The summed E-state index contributed by atoms with van der Waals surface area (Å²) in [5, 5.41) is 2.92. The van der Waals surface area contributed by atoms with Gasteiger partial charge in [0.1, 0.15) is 12.4 Å². The van der Waals surface area contributed by atoms with Gasteiger partial charge in [-0.1, -0.05) is 12.1 Å². The molecule has 0 spiro atoms. The number of aromatic nitrogens is 2. The van der Waals surface area contributed by atoms with Gasteiger partial charge in [-0.2, -0.15) is 4.98 Å². The van der Waals surface area contributed by atoms with Crippen molar-refractivity contribution in [2.75, 3.05) is 42.5 Å². The molecule has 2 aromatic rings. The number of fused-ring (bicyclic) bond motifs is 2. The number of benzene rings is 1. The number of ether oxygens (including phenoxy) is 1. The second-order valence-electron chi connectivity index (χ2n) is 5.87. The Labute approximate surface area is 147 Å². The zero-order valence-electron chi connectivity index (χ0n) is 13.7. The minimum absolute atomic E-state index is 0.0217. The lowest BCUT2D eigenvalue weighted by Gasteiger charge is -2.18. The molecule has 0 aliphatic carbocycles. The molecule has 10 nitrogen and oxygen atoms in total. The van der Waals surface area contributed by atoms with E-state index in [-0.39, 0.29) is 43.2 Å². The summed E-state index contributed by atoms with van der Waals surface area (Å²) < 4.78 is 5.56. The van der Waals surface area contributed by atoms with Gasteiger partial charge in [-0.05, 0) is 12.1 Å². The van der Waals surface area contributed by atoms with Crippen molar-refractivity contribution in [1.82, 2.24) is 14.9 Å². The van der Waals surface area contributed by atoms with Crippen molar-refractivity contribution in [3.8, 4) is 0 Å². The van der Waals surface area contributed by atoms with Crippen LogP contribution in [0.15, 0.2) is 29.1 Å². The number of anilines is 3. The van der Waals surface area contributed by atoms with Crippen LogP contribution in [0.2, 0.25) is 0 Å². The average Bonchev–Trinajstić information content (AvgIpc) is 3.13. The number of nitrogens with zero attached hydrogens (tertiary/aromatic N) is 3. The summed E-state index contributed by atoms with van der Waals surface area (Å²) in [5.41, 5.74) is 6.37. The zero-order chi connectivity index (χ0) is 18.3. The van der Waals surface area contributed by atoms with Crippen molar-refractivity contribution < 1.29 is 14.3 Å². The van der Waals surface area contributed by atoms with Gasteiger partial charge in [0.05, 0.1) is 30.9 Å². The third-order valence-electron chi connectivity index (χ3n) is 4.25. The number of nitrogen functional groups attached to an aromatic ring is 1. The molecule has 4 rings (SSSR count). The van der Waals surface area contributed by atoms with Crippen LogP contribution in [-0.2, 0) is 4.74 Å². The lowest BCUT2D eigenvalue weighted by molar-refractivity contribution is 0.0565. The molecule has 2 aliphatic rings. The quantitative estimate of drug-likeness (QED) is 0.496. The number of carbonyl (C=O) groups is 2. The maximum Gasteiger partial charge on any atom is 0.277 e. The van der Waals surface area contributed by atoms with Gasteiger partial charge in [0, 0.05) is 0 Å². The molecule has 0 unspecified atom stereocenters. The average molecular weight is 356 g/mol.